The third kappa shape index (κ3) is 3.55. The average molecular weight is 341 g/mol. The van der Waals surface area contributed by atoms with Gasteiger partial charge in [0.2, 0.25) is 5.76 Å². The first kappa shape index (κ1) is 17.1. The van der Waals surface area contributed by atoms with E-state index in [-0.39, 0.29) is 23.6 Å². The van der Waals surface area contributed by atoms with Crippen LogP contribution in [0.15, 0.2) is 35.0 Å². The van der Waals surface area contributed by atoms with Gasteiger partial charge in [0.25, 0.3) is 5.91 Å². The molecule has 7 heteroatoms. The fourth-order valence-corrected chi connectivity index (χ4v) is 2.72. The first-order chi connectivity index (χ1) is 12.1. The van der Waals surface area contributed by atoms with Crippen molar-refractivity contribution >= 4 is 11.6 Å². The predicted molar refractivity (Wildman–Crippen MR) is 93.3 cm³/mol. The summed E-state index contributed by atoms with van der Waals surface area (Å²) in [7, 11) is 0. The number of amides is 1. The lowest BCUT2D eigenvalue weighted by Gasteiger charge is -2.15. The average Bonchev–Trinajstić information content (AvgIpc) is 3.28. The van der Waals surface area contributed by atoms with Gasteiger partial charge in [0.05, 0.1) is 11.7 Å². The number of hydrogen-bond donors (Lipinski definition) is 1. The number of pyridine rings is 1. The SMILES string of the molecule is CCC[C@@H](NC(=O)c1cc([C@@H](C)CC)no1)c1nnc2ccccn12. The molecule has 25 heavy (non-hydrogen) atoms. The molecule has 0 aliphatic heterocycles. The minimum atomic E-state index is -0.284. The molecule has 7 nitrogen and oxygen atoms in total. The minimum Gasteiger partial charge on any atom is -0.351 e. The van der Waals surface area contributed by atoms with E-state index in [1.165, 1.54) is 0 Å². The van der Waals surface area contributed by atoms with E-state index >= 15 is 0 Å². The second-order valence-corrected chi connectivity index (χ2v) is 6.23. The highest BCUT2D eigenvalue weighted by molar-refractivity contribution is 5.91. The fraction of sp³-hybridized carbons (Fsp3) is 0.444. The molecule has 0 aliphatic rings. The lowest BCUT2D eigenvalue weighted by molar-refractivity contribution is 0.0894. The van der Waals surface area contributed by atoms with E-state index in [2.05, 4.69) is 41.4 Å². The van der Waals surface area contributed by atoms with Crippen molar-refractivity contribution in [1.29, 1.82) is 0 Å². The Labute approximate surface area is 146 Å². The molecule has 0 fully saturated rings. The quantitative estimate of drug-likeness (QED) is 0.711. The predicted octanol–water partition coefficient (Wildman–Crippen LogP) is 3.50. The zero-order valence-corrected chi connectivity index (χ0v) is 14.8. The van der Waals surface area contributed by atoms with Crippen LogP contribution in [0.5, 0.6) is 0 Å². The van der Waals surface area contributed by atoms with Gasteiger partial charge >= 0.3 is 0 Å². The smallest absolute Gasteiger partial charge is 0.290 e. The number of rotatable bonds is 7. The van der Waals surface area contributed by atoms with Crippen molar-refractivity contribution in [2.45, 2.75) is 52.0 Å². The number of fused-ring (bicyclic) bond motifs is 1. The second kappa shape index (κ2) is 7.46. The largest absolute Gasteiger partial charge is 0.351 e. The molecule has 0 aromatic carbocycles. The maximum absolute atomic E-state index is 12.6. The highest BCUT2D eigenvalue weighted by atomic mass is 16.5. The Balaban J connectivity index is 1.82. The zero-order valence-electron chi connectivity index (χ0n) is 14.8. The number of hydrogen-bond acceptors (Lipinski definition) is 5. The van der Waals surface area contributed by atoms with Crippen molar-refractivity contribution in [2.24, 2.45) is 0 Å². The Morgan fingerprint density at radius 2 is 2.16 bits per heavy atom. The normalized spacial score (nSPS) is 13.7. The molecule has 0 bridgehead atoms. The number of nitrogens with one attached hydrogen (secondary N) is 1. The van der Waals surface area contributed by atoms with Crippen LogP contribution >= 0.6 is 0 Å². The first-order valence-electron chi connectivity index (χ1n) is 8.71. The maximum Gasteiger partial charge on any atom is 0.290 e. The van der Waals surface area contributed by atoms with Crippen molar-refractivity contribution in [1.82, 2.24) is 25.1 Å². The van der Waals surface area contributed by atoms with Crippen LogP contribution < -0.4 is 5.32 Å². The van der Waals surface area contributed by atoms with Crippen molar-refractivity contribution < 1.29 is 9.32 Å². The van der Waals surface area contributed by atoms with Gasteiger partial charge in [0.1, 0.15) is 0 Å². The molecule has 3 aromatic heterocycles. The van der Waals surface area contributed by atoms with Gasteiger partial charge in [-0.3, -0.25) is 9.20 Å². The number of carbonyl (C=O) groups excluding carboxylic acids is 1. The molecule has 0 unspecified atom stereocenters. The van der Waals surface area contributed by atoms with Crippen LogP contribution in [0.1, 0.15) is 74.1 Å². The van der Waals surface area contributed by atoms with Crippen LogP contribution in [0.4, 0.5) is 0 Å². The van der Waals surface area contributed by atoms with Gasteiger partial charge in [-0.05, 0) is 25.0 Å². The van der Waals surface area contributed by atoms with E-state index in [0.29, 0.717) is 5.82 Å². The Bertz CT molecular complexity index is 854. The summed E-state index contributed by atoms with van der Waals surface area (Å²) in [5, 5.41) is 15.4. The molecule has 0 radical (unpaired) electrons. The molecule has 0 saturated heterocycles. The molecule has 3 rings (SSSR count). The fourth-order valence-electron chi connectivity index (χ4n) is 2.72. The number of nitrogens with zero attached hydrogens (tertiary/aromatic N) is 4. The lowest BCUT2D eigenvalue weighted by atomic mass is 10.1. The summed E-state index contributed by atoms with van der Waals surface area (Å²) in [5.74, 6) is 0.919. The van der Waals surface area contributed by atoms with E-state index in [1.807, 2.05) is 28.8 Å². The van der Waals surface area contributed by atoms with Crippen LogP contribution in [0, 0.1) is 0 Å². The first-order valence-corrected chi connectivity index (χ1v) is 8.71. The second-order valence-electron chi connectivity index (χ2n) is 6.23. The van der Waals surface area contributed by atoms with Gasteiger partial charge in [-0.1, -0.05) is 38.4 Å². The standard InChI is InChI=1S/C18H23N5O2/c1-4-8-13(17-21-20-16-9-6-7-10-23(16)17)19-18(24)15-11-14(22-25-15)12(3)5-2/h6-7,9-13H,4-5,8H2,1-3H3,(H,19,24)/t12-,13+/m0/s1. The van der Waals surface area contributed by atoms with Gasteiger partial charge in [0.15, 0.2) is 11.5 Å². The summed E-state index contributed by atoms with van der Waals surface area (Å²) in [6.07, 6.45) is 4.50. The Kier molecular flexibility index (Phi) is 5.11. The number of aromatic nitrogens is 4. The Hall–Kier alpha value is -2.70. The molecule has 1 amide bonds. The molecule has 132 valence electrons. The van der Waals surface area contributed by atoms with E-state index in [9.17, 15) is 4.79 Å². The van der Waals surface area contributed by atoms with Gasteiger partial charge < -0.3 is 9.84 Å². The Morgan fingerprint density at radius 1 is 1.32 bits per heavy atom. The van der Waals surface area contributed by atoms with E-state index in [4.69, 9.17) is 4.52 Å². The third-order valence-electron chi connectivity index (χ3n) is 4.40. The highest BCUT2D eigenvalue weighted by Crippen LogP contribution is 2.21. The van der Waals surface area contributed by atoms with Crippen molar-refractivity contribution in [2.75, 3.05) is 0 Å². The summed E-state index contributed by atoms with van der Waals surface area (Å²) in [6, 6.07) is 7.18. The summed E-state index contributed by atoms with van der Waals surface area (Å²) >= 11 is 0. The molecule has 3 aromatic rings. The van der Waals surface area contributed by atoms with Crippen LogP contribution in [0.3, 0.4) is 0 Å². The van der Waals surface area contributed by atoms with Crippen LogP contribution in [-0.2, 0) is 0 Å². The van der Waals surface area contributed by atoms with E-state index in [0.717, 1.165) is 30.6 Å². The molecule has 0 aliphatic carbocycles. The molecule has 2 atom stereocenters. The van der Waals surface area contributed by atoms with Gasteiger partial charge in [-0.15, -0.1) is 10.2 Å². The van der Waals surface area contributed by atoms with Gasteiger partial charge in [-0.2, -0.15) is 0 Å². The summed E-state index contributed by atoms with van der Waals surface area (Å²) in [4.78, 5) is 12.6. The topological polar surface area (TPSA) is 85.3 Å². The molecular weight excluding hydrogens is 318 g/mol. The zero-order chi connectivity index (χ0) is 17.8. The Morgan fingerprint density at radius 3 is 2.92 bits per heavy atom. The van der Waals surface area contributed by atoms with Crippen LogP contribution in [0.25, 0.3) is 5.65 Å². The van der Waals surface area contributed by atoms with Gasteiger partial charge in [0, 0.05) is 18.2 Å². The third-order valence-corrected chi connectivity index (χ3v) is 4.40. The molecular formula is C18H23N5O2. The van der Waals surface area contributed by atoms with Crippen LogP contribution in [-0.4, -0.2) is 25.7 Å². The van der Waals surface area contributed by atoms with Crippen LogP contribution in [0.2, 0.25) is 0 Å². The monoisotopic (exact) mass is 341 g/mol. The van der Waals surface area contributed by atoms with E-state index in [1.54, 1.807) is 6.07 Å². The maximum atomic E-state index is 12.6. The minimum absolute atomic E-state index is 0.227. The molecule has 1 N–H and O–H groups in total. The van der Waals surface area contributed by atoms with Crippen molar-refractivity contribution in [3.8, 4) is 0 Å². The van der Waals surface area contributed by atoms with Crippen molar-refractivity contribution in [3.63, 3.8) is 0 Å². The lowest BCUT2D eigenvalue weighted by Crippen LogP contribution is -2.29. The van der Waals surface area contributed by atoms with Gasteiger partial charge in [-0.25, -0.2) is 0 Å². The summed E-state index contributed by atoms with van der Waals surface area (Å²) in [6.45, 7) is 6.20. The number of carbonyl (C=O) groups is 1. The highest BCUT2D eigenvalue weighted by Gasteiger charge is 2.23. The van der Waals surface area contributed by atoms with E-state index < -0.39 is 0 Å². The molecule has 0 saturated carbocycles. The summed E-state index contributed by atoms with van der Waals surface area (Å²) < 4.78 is 7.12. The summed E-state index contributed by atoms with van der Waals surface area (Å²) in [5.41, 5.74) is 1.55. The van der Waals surface area contributed by atoms with Crippen molar-refractivity contribution in [3.05, 3.63) is 47.7 Å². The molecule has 3 heterocycles. The molecule has 0 spiro atoms.